The normalized spacial score (nSPS) is 16.0. The van der Waals surface area contributed by atoms with Gasteiger partial charge in [0.15, 0.2) is 0 Å². The van der Waals surface area contributed by atoms with Crippen molar-refractivity contribution in [2.75, 3.05) is 35.7 Å². The summed E-state index contributed by atoms with van der Waals surface area (Å²) in [6.45, 7) is 6.24. The molecule has 0 saturated carbocycles. The number of hydrogen-bond acceptors (Lipinski definition) is 4. The van der Waals surface area contributed by atoms with E-state index in [1.54, 1.807) is 22.9 Å². The van der Waals surface area contributed by atoms with E-state index in [2.05, 4.69) is 24.5 Å². The fourth-order valence-corrected chi connectivity index (χ4v) is 3.73. The van der Waals surface area contributed by atoms with Gasteiger partial charge >= 0.3 is 0 Å². The van der Waals surface area contributed by atoms with Crippen molar-refractivity contribution in [1.29, 1.82) is 0 Å². The lowest BCUT2D eigenvalue weighted by atomic mass is 10.0. The van der Waals surface area contributed by atoms with Gasteiger partial charge in [0.05, 0.1) is 24.5 Å². The standard InChI is InChI=1S/C24H30N4O3/c1-16(2)18-9-11-19(12-10-18)25-23(30)14-27(4)15-24(31)28-17(3)13-22(29)26-20-7-5-6-8-21(20)28/h5-12,16-17H,13-15H2,1-4H3,(H,25,30)(H,26,29)/t17-/m0/s1. The third-order valence-electron chi connectivity index (χ3n) is 5.31. The van der Waals surface area contributed by atoms with Crippen LogP contribution in [0, 0.1) is 0 Å². The zero-order valence-corrected chi connectivity index (χ0v) is 18.5. The van der Waals surface area contributed by atoms with Crippen LogP contribution in [0.25, 0.3) is 0 Å². The Kier molecular flexibility index (Phi) is 7.07. The van der Waals surface area contributed by atoms with Crippen molar-refractivity contribution >= 4 is 34.8 Å². The van der Waals surface area contributed by atoms with Gasteiger partial charge in [0.25, 0.3) is 0 Å². The Morgan fingerprint density at radius 1 is 1.13 bits per heavy atom. The molecule has 7 nitrogen and oxygen atoms in total. The van der Waals surface area contributed by atoms with E-state index in [0.717, 1.165) is 5.69 Å². The first-order valence-corrected chi connectivity index (χ1v) is 10.5. The predicted octanol–water partition coefficient (Wildman–Crippen LogP) is 3.44. The average molecular weight is 423 g/mol. The molecule has 0 aromatic heterocycles. The highest BCUT2D eigenvalue weighted by Crippen LogP contribution is 2.31. The molecule has 0 radical (unpaired) electrons. The van der Waals surface area contributed by atoms with Crippen LogP contribution in [0.1, 0.15) is 38.7 Å². The van der Waals surface area contributed by atoms with Crippen LogP contribution in [0.3, 0.4) is 0 Å². The van der Waals surface area contributed by atoms with Crippen LogP contribution in [0.15, 0.2) is 48.5 Å². The van der Waals surface area contributed by atoms with E-state index in [-0.39, 0.29) is 43.3 Å². The highest BCUT2D eigenvalue weighted by molar-refractivity contribution is 6.05. The van der Waals surface area contributed by atoms with Gasteiger partial charge in [-0.05, 0) is 49.7 Å². The van der Waals surface area contributed by atoms with Crippen LogP contribution in [0.4, 0.5) is 17.1 Å². The Labute approximate surface area is 183 Å². The second kappa shape index (κ2) is 9.75. The summed E-state index contributed by atoms with van der Waals surface area (Å²) < 4.78 is 0. The topological polar surface area (TPSA) is 81.8 Å². The Balaban J connectivity index is 1.62. The van der Waals surface area contributed by atoms with Crippen molar-refractivity contribution in [3.8, 4) is 0 Å². The first-order valence-electron chi connectivity index (χ1n) is 10.5. The molecule has 1 heterocycles. The van der Waals surface area contributed by atoms with Gasteiger partial charge in [-0.2, -0.15) is 0 Å². The lowest BCUT2D eigenvalue weighted by Crippen LogP contribution is -2.45. The Bertz CT molecular complexity index is 956. The second-order valence-corrected chi connectivity index (χ2v) is 8.38. The molecular formula is C24H30N4O3. The number of fused-ring (bicyclic) bond motifs is 1. The van der Waals surface area contributed by atoms with Crippen LogP contribution in [0.2, 0.25) is 0 Å². The number of amides is 3. The molecule has 1 atom stereocenters. The molecule has 0 bridgehead atoms. The van der Waals surface area contributed by atoms with E-state index < -0.39 is 0 Å². The number of likely N-dealkylation sites (N-methyl/N-ethyl adjacent to an activating group) is 1. The maximum Gasteiger partial charge on any atom is 0.241 e. The second-order valence-electron chi connectivity index (χ2n) is 8.38. The van der Waals surface area contributed by atoms with Crippen LogP contribution in [-0.2, 0) is 14.4 Å². The number of carbonyl (C=O) groups excluding carboxylic acids is 3. The van der Waals surface area contributed by atoms with E-state index in [4.69, 9.17) is 0 Å². The van der Waals surface area contributed by atoms with Crippen molar-refractivity contribution in [2.24, 2.45) is 0 Å². The Hall–Kier alpha value is -3.19. The molecule has 0 fully saturated rings. The van der Waals surface area contributed by atoms with E-state index >= 15 is 0 Å². The fraction of sp³-hybridized carbons (Fsp3) is 0.375. The molecule has 7 heteroatoms. The van der Waals surface area contributed by atoms with E-state index in [0.29, 0.717) is 17.3 Å². The number of carbonyl (C=O) groups is 3. The SMILES string of the molecule is CC(C)c1ccc(NC(=O)CN(C)CC(=O)N2c3ccccc3NC(=O)C[C@@H]2C)cc1. The summed E-state index contributed by atoms with van der Waals surface area (Å²) >= 11 is 0. The molecule has 2 N–H and O–H groups in total. The Morgan fingerprint density at radius 3 is 2.48 bits per heavy atom. The molecule has 0 saturated heterocycles. The van der Waals surface area contributed by atoms with Crippen molar-refractivity contribution in [3.05, 3.63) is 54.1 Å². The maximum atomic E-state index is 13.1. The molecule has 3 rings (SSSR count). The van der Waals surface area contributed by atoms with Gasteiger partial charge < -0.3 is 15.5 Å². The largest absolute Gasteiger partial charge is 0.325 e. The number of nitrogens with zero attached hydrogens (tertiary/aromatic N) is 2. The number of hydrogen-bond donors (Lipinski definition) is 2. The van der Waals surface area contributed by atoms with Gasteiger partial charge in [-0.25, -0.2) is 0 Å². The Morgan fingerprint density at radius 2 is 1.81 bits per heavy atom. The molecule has 2 aromatic carbocycles. The fourth-order valence-electron chi connectivity index (χ4n) is 3.73. The van der Waals surface area contributed by atoms with Gasteiger partial charge in [0, 0.05) is 18.2 Å². The number of nitrogens with one attached hydrogen (secondary N) is 2. The van der Waals surface area contributed by atoms with Crippen molar-refractivity contribution < 1.29 is 14.4 Å². The maximum absolute atomic E-state index is 13.1. The highest BCUT2D eigenvalue weighted by Gasteiger charge is 2.30. The summed E-state index contributed by atoms with van der Waals surface area (Å²) in [7, 11) is 1.73. The molecule has 0 aliphatic carbocycles. The highest BCUT2D eigenvalue weighted by atomic mass is 16.2. The van der Waals surface area contributed by atoms with Crippen molar-refractivity contribution in [3.63, 3.8) is 0 Å². The summed E-state index contributed by atoms with van der Waals surface area (Å²) in [5, 5.41) is 5.72. The van der Waals surface area contributed by atoms with Crippen molar-refractivity contribution in [1.82, 2.24) is 4.90 Å². The average Bonchev–Trinajstić information content (AvgIpc) is 2.82. The summed E-state index contributed by atoms with van der Waals surface area (Å²) in [6.07, 6.45) is 0.219. The van der Waals surface area contributed by atoms with Gasteiger partial charge in [-0.3, -0.25) is 19.3 Å². The summed E-state index contributed by atoms with van der Waals surface area (Å²) in [5.74, 6) is -0.0350. The van der Waals surface area contributed by atoms with E-state index in [1.165, 1.54) is 5.56 Å². The third-order valence-corrected chi connectivity index (χ3v) is 5.31. The zero-order valence-electron chi connectivity index (χ0n) is 18.5. The lowest BCUT2D eigenvalue weighted by Gasteiger charge is -2.29. The molecule has 1 aliphatic heterocycles. The molecule has 164 valence electrons. The number of para-hydroxylation sites is 2. The summed E-state index contributed by atoms with van der Waals surface area (Å²) in [5.41, 5.74) is 3.23. The quantitative estimate of drug-likeness (QED) is 0.747. The van der Waals surface area contributed by atoms with Gasteiger partial charge in [-0.15, -0.1) is 0 Å². The van der Waals surface area contributed by atoms with Gasteiger partial charge in [0.2, 0.25) is 17.7 Å². The molecule has 0 unspecified atom stereocenters. The number of rotatable bonds is 6. The van der Waals surface area contributed by atoms with E-state index in [1.807, 2.05) is 49.4 Å². The number of anilines is 3. The smallest absolute Gasteiger partial charge is 0.241 e. The number of benzene rings is 2. The van der Waals surface area contributed by atoms with Gasteiger partial charge in [0.1, 0.15) is 0 Å². The van der Waals surface area contributed by atoms with E-state index in [9.17, 15) is 14.4 Å². The minimum atomic E-state index is -0.280. The van der Waals surface area contributed by atoms with Crippen molar-refractivity contribution in [2.45, 2.75) is 39.2 Å². The first-order chi connectivity index (χ1) is 14.7. The molecule has 1 aliphatic rings. The predicted molar refractivity (Wildman–Crippen MR) is 123 cm³/mol. The summed E-state index contributed by atoms with van der Waals surface area (Å²) in [6, 6.07) is 14.8. The minimum Gasteiger partial charge on any atom is -0.325 e. The molecule has 2 aromatic rings. The molecule has 31 heavy (non-hydrogen) atoms. The lowest BCUT2D eigenvalue weighted by molar-refractivity contribution is -0.121. The van der Waals surface area contributed by atoms with Crippen LogP contribution in [0.5, 0.6) is 0 Å². The minimum absolute atomic E-state index is 0.0621. The molecular weight excluding hydrogens is 392 g/mol. The summed E-state index contributed by atoms with van der Waals surface area (Å²) in [4.78, 5) is 41.0. The van der Waals surface area contributed by atoms with Crippen LogP contribution >= 0.6 is 0 Å². The monoisotopic (exact) mass is 422 g/mol. The van der Waals surface area contributed by atoms with Crippen LogP contribution < -0.4 is 15.5 Å². The van der Waals surface area contributed by atoms with Crippen LogP contribution in [-0.4, -0.2) is 48.8 Å². The zero-order chi connectivity index (χ0) is 22.5. The first kappa shape index (κ1) is 22.5. The molecule has 0 spiro atoms. The van der Waals surface area contributed by atoms with Gasteiger partial charge in [-0.1, -0.05) is 38.1 Å². The molecule has 3 amide bonds. The third kappa shape index (κ3) is 5.70.